The van der Waals surface area contributed by atoms with Crippen molar-refractivity contribution in [3.63, 3.8) is 0 Å². The summed E-state index contributed by atoms with van der Waals surface area (Å²) in [5.41, 5.74) is 12.9. The van der Waals surface area contributed by atoms with Crippen molar-refractivity contribution >= 4 is 18.0 Å². The number of aromatic nitrogens is 1. The van der Waals surface area contributed by atoms with Gasteiger partial charge >= 0.3 is 0 Å². The van der Waals surface area contributed by atoms with Crippen LogP contribution in [0.3, 0.4) is 0 Å². The summed E-state index contributed by atoms with van der Waals surface area (Å²) in [5.74, 6) is -0.443. The third-order valence-corrected chi connectivity index (χ3v) is 3.07. The lowest BCUT2D eigenvalue weighted by Crippen LogP contribution is -2.35. The molecule has 0 saturated carbocycles. The molecule has 0 aliphatic heterocycles. The standard InChI is InChI=1S/C15H16N4O2/c16-15(21)13-5-3-8-19(10-13)9-7-12-4-1-2-6-14(12)18-17-11-20/h1-6,8,10-11,18H,7,9H2,(H2-,16,17,20,21)/p+1. The summed E-state index contributed by atoms with van der Waals surface area (Å²) >= 11 is 0. The van der Waals surface area contributed by atoms with Crippen LogP contribution in [-0.2, 0) is 17.8 Å². The lowest BCUT2D eigenvalue weighted by molar-refractivity contribution is -0.696. The van der Waals surface area contributed by atoms with Gasteiger partial charge in [-0.2, -0.15) is 0 Å². The smallest absolute Gasteiger partial charge is 0.254 e. The Labute approximate surface area is 122 Å². The number of anilines is 1. The van der Waals surface area contributed by atoms with E-state index in [0.29, 0.717) is 18.5 Å². The third kappa shape index (κ3) is 4.04. The fraction of sp³-hybridized carbons (Fsp3) is 0.133. The van der Waals surface area contributed by atoms with Crippen LogP contribution >= 0.6 is 0 Å². The topological polar surface area (TPSA) is 88.1 Å². The van der Waals surface area contributed by atoms with Gasteiger partial charge in [0.25, 0.3) is 5.91 Å². The number of primary amides is 1. The minimum atomic E-state index is -0.443. The van der Waals surface area contributed by atoms with Crippen molar-refractivity contribution in [1.29, 1.82) is 0 Å². The molecule has 0 aliphatic carbocycles. The molecular weight excluding hydrogens is 268 g/mol. The number of aryl methyl sites for hydroxylation is 2. The van der Waals surface area contributed by atoms with Crippen molar-refractivity contribution in [1.82, 2.24) is 5.43 Å². The molecule has 6 nitrogen and oxygen atoms in total. The molecular formula is C15H17N4O2+. The maximum atomic E-state index is 11.2. The number of pyridine rings is 1. The zero-order chi connectivity index (χ0) is 15.1. The normalized spacial score (nSPS) is 9.90. The van der Waals surface area contributed by atoms with Gasteiger partial charge in [-0.15, -0.1) is 0 Å². The van der Waals surface area contributed by atoms with E-state index in [2.05, 4.69) is 10.9 Å². The lowest BCUT2D eigenvalue weighted by Gasteiger charge is -2.09. The molecule has 0 radical (unpaired) electrons. The molecule has 2 rings (SSSR count). The van der Waals surface area contributed by atoms with E-state index >= 15 is 0 Å². The van der Waals surface area contributed by atoms with Crippen LogP contribution in [0.2, 0.25) is 0 Å². The van der Waals surface area contributed by atoms with E-state index in [9.17, 15) is 9.59 Å². The highest BCUT2D eigenvalue weighted by Crippen LogP contribution is 2.14. The van der Waals surface area contributed by atoms with Crippen LogP contribution in [0.25, 0.3) is 0 Å². The molecule has 108 valence electrons. The number of carbonyl (C=O) groups excluding carboxylic acids is 2. The second-order valence-corrected chi connectivity index (χ2v) is 4.49. The van der Waals surface area contributed by atoms with Crippen LogP contribution in [0.15, 0.2) is 48.8 Å². The van der Waals surface area contributed by atoms with Gasteiger partial charge in [0.15, 0.2) is 18.9 Å². The monoisotopic (exact) mass is 285 g/mol. The van der Waals surface area contributed by atoms with Gasteiger partial charge in [0.1, 0.15) is 5.56 Å². The SMILES string of the molecule is NC(=O)c1ccc[n+](CCc2ccccc2NNC=O)c1. The van der Waals surface area contributed by atoms with Crippen LogP contribution in [0.5, 0.6) is 0 Å². The Bertz CT molecular complexity index is 643. The van der Waals surface area contributed by atoms with Crippen molar-refractivity contribution in [2.75, 3.05) is 5.43 Å². The molecule has 0 aliphatic rings. The minimum absolute atomic E-state index is 0.443. The molecule has 0 saturated heterocycles. The number of hydrogen-bond donors (Lipinski definition) is 3. The third-order valence-electron chi connectivity index (χ3n) is 3.07. The summed E-state index contributed by atoms with van der Waals surface area (Å²) < 4.78 is 1.91. The van der Waals surface area contributed by atoms with Gasteiger partial charge in [-0.1, -0.05) is 18.2 Å². The molecule has 0 unspecified atom stereocenters. The Balaban J connectivity index is 2.07. The average molecular weight is 285 g/mol. The molecule has 0 atom stereocenters. The molecule has 0 fully saturated rings. The van der Waals surface area contributed by atoms with Crippen LogP contribution in [0, 0.1) is 0 Å². The highest BCUT2D eigenvalue weighted by molar-refractivity contribution is 5.92. The highest BCUT2D eigenvalue weighted by Gasteiger charge is 2.08. The molecule has 4 N–H and O–H groups in total. The Kier molecular flexibility index (Phi) is 4.87. The first-order valence-electron chi connectivity index (χ1n) is 6.52. The zero-order valence-electron chi connectivity index (χ0n) is 11.5. The first-order chi connectivity index (χ1) is 10.2. The largest absolute Gasteiger partial charge is 0.365 e. The number of hydrogen-bond acceptors (Lipinski definition) is 3. The number of para-hydroxylation sites is 1. The van der Waals surface area contributed by atoms with E-state index in [4.69, 9.17) is 5.73 Å². The maximum Gasteiger partial charge on any atom is 0.254 e. The number of rotatable bonds is 7. The molecule has 6 heteroatoms. The summed E-state index contributed by atoms with van der Waals surface area (Å²) in [5, 5.41) is 0. The predicted octanol–water partition coefficient (Wildman–Crippen LogP) is 0.389. The van der Waals surface area contributed by atoms with Gasteiger partial charge < -0.3 is 5.73 Å². The molecule has 1 heterocycles. The minimum Gasteiger partial charge on any atom is -0.365 e. The van der Waals surface area contributed by atoms with Crippen molar-refractivity contribution < 1.29 is 14.2 Å². The summed E-state index contributed by atoms with van der Waals surface area (Å²) in [4.78, 5) is 21.5. The van der Waals surface area contributed by atoms with Crippen molar-refractivity contribution in [2.45, 2.75) is 13.0 Å². The van der Waals surface area contributed by atoms with Gasteiger partial charge in [0.2, 0.25) is 6.41 Å². The first kappa shape index (κ1) is 14.5. The van der Waals surface area contributed by atoms with Crippen molar-refractivity contribution in [3.05, 3.63) is 59.9 Å². The van der Waals surface area contributed by atoms with Crippen molar-refractivity contribution in [3.8, 4) is 0 Å². The Morgan fingerprint density at radius 2 is 2.05 bits per heavy atom. The Hall–Kier alpha value is -2.89. The van der Waals surface area contributed by atoms with E-state index in [1.807, 2.05) is 35.0 Å². The second-order valence-electron chi connectivity index (χ2n) is 4.49. The predicted molar refractivity (Wildman–Crippen MR) is 78.1 cm³/mol. The van der Waals surface area contributed by atoms with E-state index in [-0.39, 0.29) is 0 Å². The summed E-state index contributed by atoms with van der Waals surface area (Å²) in [6.07, 6.45) is 4.94. The van der Waals surface area contributed by atoms with Crippen LogP contribution in [-0.4, -0.2) is 12.3 Å². The lowest BCUT2D eigenvalue weighted by atomic mass is 10.1. The molecule has 0 bridgehead atoms. The number of amides is 2. The first-order valence-corrected chi connectivity index (χ1v) is 6.52. The van der Waals surface area contributed by atoms with Gasteiger partial charge in [-0.3, -0.25) is 20.4 Å². The molecule has 21 heavy (non-hydrogen) atoms. The van der Waals surface area contributed by atoms with E-state index in [1.54, 1.807) is 18.3 Å². The van der Waals surface area contributed by atoms with E-state index < -0.39 is 5.91 Å². The van der Waals surface area contributed by atoms with Crippen LogP contribution in [0.1, 0.15) is 15.9 Å². The van der Waals surface area contributed by atoms with Gasteiger partial charge in [0.05, 0.1) is 5.69 Å². The second kappa shape index (κ2) is 7.04. The Morgan fingerprint density at radius 1 is 1.24 bits per heavy atom. The van der Waals surface area contributed by atoms with E-state index in [0.717, 1.165) is 17.7 Å². The van der Waals surface area contributed by atoms with Crippen molar-refractivity contribution in [2.24, 2.45) is 5.73 Å². The van der Waals surface area contributed by atoms with Crippen LogP contribution in [0.4, 0.5) is 5.69 Å². The van der Waals surface area contributed by atoms with Gasteiger partial charge in [0, 0.05) is 12.5 Å². The van der Waals surface area contributed by atoms with Gasteiger partial charge in [-0.05, 0) is 17.7 Å². The van der Waals surface area contributed by atoms with Crippen LogP contribution < -0.4 is 21.2 Å². The number of nitrogens with two attached hydrogens (primary N) is 1. The van der Waals surface area contributed by atoms with E-state index in [1.165, 1.54) is 0 Å². The fourth-order valence-corrected chi connectivity index (χ4v) is 2.02. The fourth-order valence-electron chi connectivity index (χ4n) is 2.02. The Morgan fingerprint density at radius 3 is 2.81 bits per heavy atom. The molecule has 0 spiro atoms. The number of hydrazine groups is 1. The number of nitrogens with zero attached hydrogens (tertiary/aromatic N) is 1. The number of carbonyl (C=O) groups is 2. The molecule has 1 aromatic heterocycles. The average Bonchev–Trinajstić information content (AvgIpc) is 2.52. The maximum absolute atomic E-state index is 11.2. The zero-order valence-corrected chi connectivity index (χ0v) is 11.5. The summed E-state index contributed by atoms with van der Waals surface area (Å²) in [7, 11) is 0. The summed E-state index contributed by atoms with van der Waals surface area (Å²) in [6, 6.07) is 11.2. The molecule has 2 amide bonds. The molecule has 2 aromatic rings. The summed E-state index contributed by atoms with van der Waals surface area (Å²) in [6.45, 7) is 0.695. The highest BCUT2D eigenvalue weighted by atomic mass is 16.1. The molecule has 1 aromatic carbocycles. The quantitative estimate of drug-likeness (QED) is 0.390. The number of nitrogens with one attached hydrogen (secondary N) is 2. The van der Waals surface area contributed by atoms with Gasteiger partial charge in [-0.25, -0.2) is 4.57 Å². The number of benzene rings is 1.